The van der Waals surface area contributed by atoms with Crippen molar-refractivity contribution in [3.05, 3.63) is 71.3 Å². The lowest BCUT2D eigenvalue weighted by molar-refractivity contribution is 0.0824. The first-order valence-electron chi connectivity index (χ1n) is 11.8. The van der Waals surface area contributed by atoms with Gasteiger partial charge in [0.2, 0.25) is 0 Å². The molecule has 2 heterocycles. The van der Waals surface area contributed by atoms with E-state index in [0.717, 1.165) is 22.3 Å². The van der Waals surface area contributed by atoms with Gasteiger partial charge in [0.15, 0.2) is 11.6 Å². The lowest BCUT2D eigenvalue weighted by Gasteiger charge is -2.35. The highest BCUT2D eigenvalue weighted by Gasteiger charge is 2.33. The molecule has 1 aromatic carbocycles. The Labute approximate surface area is 215 Å². The van der Waals surface area contributed by atoms with E-state index < -0.39 is 17.0 Å². The van der Waals surface area contributed by atoms with Gasteiger partial charge >= 0.3 is 0 Å². The van der Waals surface area contributed by atoms with Gasteiger partial charge in [0.25, 0.3) is 0 Å². The maximum Gasteiger partial charge on any atom is 0.162 e. The summed E-state index contributed by atoms with van der Waals surface area (Å²) in [5.74, 6) is -0.790. The van der Waals surface area contributed by atoms with Gasteiger partial charge in [-0.1, -0.05) is 39.3 Å². The van der Waals surface area contributed by atoms with Gasteiger partial charge in [-0.3, -0.25) is 0 Å². The van der Waals surface area contributed by atoms with E-state index in [4.69, 9.17) is 9.47 Å². The minimum absolute atomic E-state index is 0.0923. The summed E-state index contributed by atoms with van der Waals surface area (Å²) in [4.78, 5) is 12.3. The molecule has 0 saturated heterocycles. The first-order chi connectivity index (χ1) is 16.6. The monoisotopic (exact) mass is 501 g/mol. The number of methoxy groups -OCH3 is 2. The minimum Gasteiger partial charge on any atom is -0.495 e. The number of benzene rings is 1. The highest BCUT2D eigenvalue weighted by atomic mass is 19.2. The molecule has 0 saturated carbocycles. The van der Waals surface area contributed by atoms with Crippen molar-refractivity contribution in [1.82, 2.24) is 15.0 Å². The van der Waals surface area contributed by atoms with Gasteiger partial charge in [-0.15, -0.1) is 6.58 Å². The number of aromatic nitrogens is 3. The second-order valence-electron chi connectivity index (χ2n) is 10.7. The fourth-order valence-corrected chi connectivity index (χ4v) is 4.11. The van der Waals surface area contributed by atoms with Gasteiger partial charge in [0, 0.05) is 13.2 Å². The van der Waals surface area contributed by atoms with Crippen LogP contribution in [0.2, 0.25) is 0 Å². The van der Waals surface area contributed by atoms with Crippen LogP contribution in [0.4, 0.5) is 8.78 Å². The third kappa shape index (κ3) is 9.61. The van der Waals surface area contributed by atoms with Crippen molar-refractivity contribution >= 4 is 11.0 Å². The SMILES string of the molecule is C=C(C)C.COCC(C)(C)CC(C)(C)c1cc(C)cc(F)c1F.COc1cnc2c(C)ncnc2c1. The van der Waals surface area contributed by atoms with Gasteiger partial charge in [0.1, 0.15) is 17.6 Å². The molecule has 0 aliphatic carbocycles. The van der Waals surface area contributed by atoms with Gasteiger partial charge < -0.3 is 9.47 Å². The average Bonchev–Trinajstić information content (AvgIpc) is 2.75. The number of hydrogen-bond acceptors (Lipinski definition) is 5. The number of ether oxygens (including phenoxy) is 2. The molecule has 0 unspecified atom stereocenters. The van der Waals surface area contributed by atoms with Crippen LogP contribution in [-0.4, -0.2) is 35.8 Å². The van der Waals surface area contributed by atoms with Crippen LogP contribution < -0.4 is 4.74 Å². The molecule has 0 N–H and O–H groups in total. The fraction of sp³-hybridized carbons (Fsp3) is 0.483. The molecule has 2 aromatic heterocycles. The lowest BCUT2D eigenvalue weighted by atomic mass is 9.71. The summed E-state index contributed by atoms with van der Waals surface area (Å²) in [5, 5.41) is 0. The number of nitrogens with zero attached hydrogens (tertiary/aromatic N) is 3. The Hall–Kier alpha value is -2.93. The highest BCUT2D eigenvalue weighted by molar-refractivity contribution is 5.76. The number of rotatable bonds is 6. The molecular weight excluding hydrogens is 460 g/mol. The largest absolute Gasteiger partial charge is 0.495 e. The van der Waals surface area contributed by atoms with E-state index in [1.54, 1.807) is 33.4 Å². The number of hydrogen-bond donors (Lipinski definition) is 0. The zero-order chi connectivity index (χ0) is 27.7. The predicted molar refractivity (Wildman–Crippen MR) is 144 cm³/mol. The van der Waals surface area contributed by atoms with Gasteiger partial charge in [-0.2, -0.15) is 0 Å². The topological polar surface area (TPSA) is 57.1 Å². The lowest BCUT2D eigenvalue weighted by Crippen LogP contribution is -2.31. The molecule has 0 radical (unpaired) electrons. The van der Waals surface area contributed by atoms with Gasteiger partial charge in [0.05, 0.1) is 31.1 Å². The summed E-state index contributed by atoms with van der Waals surface area (Å²) in [5.41, 5.74) is 4.33. The molecule has 7 heteroatoms. The van der Waals surface area contributed by atoms with Crippen LogP contribution in [0.25, 0.3) is 11.0 Å². The van der Waals surface area contributed by atoms with Crippen LogP contribution in [0, 0.1) is 30.9 Å². The Kier molecular flexibility index (Phi) is 11.6. The first-order valence-corrected chi connectivity index (χ1v) is 11.8. The Morgan fingerprint density at radius 2 is 1.58 bits per heavy atom. The smallest absolute Gasteiger partial charge is 0.162 e. The van der Waals surface area contributed by atoms with Crippen LogP contribution in [0.1, 0.15) is 64.8 Å². The minimum atomic E-state index is -0.771. The molecule has 3 aromatic rings. The Morgan fingerprint density at radius 1 is 0.972 bits per heavy atom. The summed E-state index contributed by atoms with van der Waals surface area (Å²) in [6.07, 6.45) is 3.91. The quantitative estimate of drug-likeness (QED) is 0.327. The van der Waals surface area contributed by atoms with Crippen molar-refractivity contribution in [2.75, 3.05) is 20.8 Å². The Bertz CT molecular complexity index is 1160. The van der Waals surface area contributed by atoms with Crippen LogP contribution in [0.15, 0.2) is 42.9 Å². The second kappa shape index (κ2) is 13.4. The normalized spacial score (nSPS) is 11.2. The van der Waals surface area contributed by atoms with Crippen LogP contribution in [0.5, 0.6) is 5.75 Å². The van der Waals surface area contributed by atoms with Gasteiger partial charge in [-0.25, -0.2) is 23.7 Å². The van der Waals surface area contributed by atoms with Crippen molar-refractivity contribution in [2.24, 2.45) is 5.41 Å². The summed E-state index contributed by atoms with van der Waals surface area (Å²) in [6, 6.07) is 4.81. The van der Waals surface area contributed by atoms with Crippen LogP contribution in [0.3, 0.4) is 0 Å². The maximum absolute atomic E-state index is 14.0. The number of pyridine rings is 1. The van der Waals surface area contributed by atoms with E-state index in [1.807, 2.05) is 40.7 Å². The van der Waals surface area contributed by atoms with E-state index in [-0.39, 0.29) is 5.41 Å². The summed E-state index contributed by atoms with van der Waals surface area (Å²) < 4.78 is 37.8. The first kappa shape index (κ1) is 31.1. The molecule has 0 amide bonds. The van der Waals surface area contributed by atoms with Gasteiger partial charge in [-0.05, 0) is 62.1 Å². The molecule has 0 aliphatic heterocycles. The molecule has 198 valence electrons. The van der Waals surface area contributed by atoms with Crippen LogP contribution in [-0.2, 0) is 10.2 Å². The van der Waals surface area contributed by atoms with E-state index in [1.165, 1.54) is 18.0 Å². The van der Waals surface area contributed by atoms with E-state index >= 15 is 0 Å². The van der Waals surface area contributed by atoms with Crippen molar-refractivity contribution in [2.45, 2.75) is 67.2 Å². The van der Waals surface area contributed by atoms with Crippen molar-refractivity contribution in [3.8, 4) is 5.75 Å². The summed E-state index contributed by atoms with van der Waals surface area (Å²) in [7, 11) is 3.26. The second-order valence-corrected chi connectivity index (χ2v) is 10.7. The molecule has 5 nitrogen and oxygen atoms in total. The number of halogens is 2. The number of fused-ring (bicyclic) bond motifs is 1. The van der Waals surface area contributed by atoms with E-state index in [9.17, 15) is 8.78 Å². The van der Waals surface area contributed by atoms with Crippen molar-refractivity contribution in [1.29, 1.82) is 0 Å². The maximum atomic E-state index is 14.0. The van der Waals surface area contributed by atoms with E-state index in [0.29, 0.717) is 24.3 Å². The molecule has 0 fully saturated rings. The molecule has 0 bridgehead atoms. The molecule has 0 spiro atoms. The fourth-order valence-electron chi connectivity index (χ4n) is 4.11. The molecular formula is C29H41F2N3O2. The molecule has 0 atom stereocenters. The molecule has 36 heavy (non-hydrogen) atoms. The van der Waals surface area contributed by atoms with E-state index in [2.05, 4.69) is 35.4 Å². The summed E-state index contributed by atoms with van der Waals surface area (Å²) >= 11 is 0. The van der Waals surface area contributed by atoms with Crippen LogP contribution >= 0.6 is 0 Å². The Morgan fingerprint density at radius 3 is 2.14 bits per heavy atom. The van der Waals surface area contributed by atoms with Crippen molar-refractivity contribution in [3.63, 3.8) is 0 Å². The molecule has 0 aliphatic rings. The third-order valence-corrected chi connectivity index (χ3v) is 5.23. The zero-order valence-electron chi connectivity index (χ0n) is 23.4. The predicted octanol–water partition coefficient (Wildman–Crippen LogP) is 7.54. The van der Waals surface area contributed by atoms with Crippen molar-refractivity contribution < 1.29 is 18.3 Å². The third-order valence-electron chi connectivity index (χ3n) is 5.23. The average molecular weight is 502 g/mol. The highest BCUT2D eigenvalue weighted by Crippen LogP contribution is 2.38. The standard InChI is InChI=1S/C16H24F2O.C9H9N3O.C4H8/c1-11-7-12(14(18)13(17)8-11)16(4,5)9-15(2,3)10-19-6;1-6-9-8(12-5-11-6)3-7(13-2)4-10-9;1-4(2)3/h7-8H,9-10H2,1-6H3;3-5H,1-2H3;1H2,2-3H3. The zero-order valence-corrected chi connectivity index (χ0v) is 23.4. The number of allylic oxidation sites excluding steroid dienone is 1. The molecule has 3 rings (SSSR count). The summed E-state index contributed by atoms with van der Waals surface area (Å²) in [6.45, 7) is 19.8. The Balaban J connectivity index is 0.000000328. The number of aryl methyl sites for hydroxylation is 2.